The van der Waals surface area contributed by atoms with E-state index in [4.69, 9.17) is 11.6 Å². The van der Waals surface area contributed by atoms with Gasteiger partial charge in [0.05, 0.1) is 16.4 Å². The number of rotatable bonds is 3. The number of nitrogens with zero attached hydrogens (tertiary/aromatic N) is 2. The Bertz CT molecular complexity index is 1010. The van der Waals surface area contributed by atoms with E-state index in [2.05, 4.69) is 10.4 Å². The van der Waals surface area contributed by atoms with Crippen LogP contribution in [0.2, 0.25) is 5.02 Å². The zero-order valence-electron chi connectivity index (χ0n) is 12.5. The minimum absolute atomic E-state index is 0.183. The number of benzene rings is 2. The van der Waals surface area contributed by atoms with Gasteiger partial charge in [0.1, 0.15) is 11.6 Å². The van der Waals surface area contributed by atoms with Gasteiger partial charge in [0, 0.05) is 12.1 Å². The van der Waals surface area contributed by atoms with E-state index >= 15 is 0 Å². The minimum atomic E-state index is -0.944. The minimum Gasteiger partial charge on any atom is -0.318 e. The summed E-state index contributed by atoms with van der Waals surface area (Å²) >= 11 is 5.92. The van der Waals surface area contributed by atoms with E-state index < -0.39 is 23.1 Å². The van der Waals surface area contributed by atoms with Crippen LogP contribution < -0.4 is 10.9 Å². The molecule has 1 heterocycles. The molecule has 25 heavy (non-hydrogen) atoms. The molecule has 126 valence electrons. The number of hydrogen-bond acceptors (Lipinski definition) is 3. The first-order valence-electron chi connectivity index (χ1n) is 7.07. The molecule has 0 aliphatic rings. The van der Waals surface area contributed by atoms with Crippen molar-refractivity contribution in [2.75, 3.05) is 5.32 Å². The van der Waals surface area contributed by atoms with Crippen molar-refractivity contribution in [3.05, 3.63) is 87.3 Å². The van der Waals surface area contributed by atoms with Gasteiger partial charge in [-0.2, -0.15) is 9.78 Å². The van der Waals surface area contributed by atoms with Crippen LogP contribution in [0.15, 0.2) is 59.4 Å². The molecule has 3 rings (SSSR count). The summed E-state index contributed by atoms with van der Waals surface area (Å²) in [4.78, 5) is 24.4. The lowest BCUT2D eigenvalue weighted by Crippen LogP contribution is -2.25. The molecular formula is C17H10ClF2N3O2. The Morgan fingerprint density at radius 3 is 2.48 bits per heavy atom. The van der Waals surface area contributed by atoms with Crippen LogP contribution in [0.3, 0.4) is 0 Å². The molecule has 0 atom stereocenters. The first kappa shape index (κ1) is 16.8. The molecule has 0 saturated heterocycles. The van der Waals surface area contributed by atoms with Gasteiger partial charge in [-0.15, -0.1) is 0 Å². The lowest BCUT2D eigenvalue weighted by molar-refractivity contribution is 0.102. The van der Waals surface area contributed by atoms with Crippen molar-refractivity contribution in [1.82, 2.24) is 9.78 Å². The van der Waals surface area contributed by atoms with Crippen molar-refractivity contribution in [1.29, 1.82) is 0 Å². The summed E-state index contributed by atoms with van der Waals surface area (Å²) in [6, 6.07) is 12.2. The number of amides is 1. The highest BCUT2D eigenvalue weighted by Crippen LogP contribution is 2.18. The van der Waals surface area contributed by atoms with Gasteiger partial charge in [0.25, 0.3) is 11.5 Å². The largest absolute Gasteiger partial charge is 0.318 e. The van der Waals surface area contributed by atoms with E-state index in [0.29, 0.717) is 11.8 Å². The van der Waals surface area contributed by atoms with Crippen LogP contribution in [0.5, 0.6) is 0 Å². The number of nitrogens with one attached hydrogen (secondary N) is 1. The average molecular weight is 362 g/mol. The van der Waals surface area contributed by atoms with Gasteiger partial charge >= 0.3 is 0 Å². The van der Waals surface area contributed by atoms with Crippen LogP contribution in [0.1, 0.15) is 10.5 Å². The molecule has 0 saturated carbocycles. The molecule has 1 amide bonds. The Morgan fingerprint density at radius 2 is 1.80 bits per heavy atom. The maximum Gasteiger partial charge on any atom is 0.277 e. The third kappa shape index (κ3) is 3.56. The van der Waals surface area contributed by atoms with Crippen molar-refractivity contribution in [2.45, 2.75) is 0 Å². The Hall–Kier alpha value is -3.06. The first-order valence-corrected chi connectivity index (χ1v) is 7.45. The average Bonchev–Trinajstić information content (AvgIpc) is 2.58. The van der Waals surface area contributed by atoms with Crippen LogP contribution in [0.4, 0.5) is 14.5 Å². The summed E-state index contributed by atoms with van der Waals surface area (Å²) in [7, 11) is 0. The SMILES string of the molecule is O=C(Nc1ccc(F)cc1F)c1nn(-c2ccccc2)c(=O)cc1Cl. The molecule has 0 fully saturated rings. The summed E-state index contributed by atoms with van der Waals surface area (Å²) < 4.78 is 27.6. The molecule has 8 heteroatoms. The summed E-state index contributed by atoms with van der Waals surface area (Å²) in [6.07, 6.45) is 0. The standard InChI is InChI=1S/C17H10ClF2N3O2/c18-12-9-15(24)23(11-4-2-1-3-5-11)22-16(12)17(25)21-14-7-6-10(19)8-13(14)20/h1-9H,(H,21,25). The molecule has 1 aromatic heterocycles. The smallest absolute Gasteiger partial charge is 0.277 e. The van der Waals surface area contributed by atoms with Gasteiger partial charge in [-0.25, -0.2) is 8.78 Å². The second-order valence-corrected chi connectivity index (χ2v) is 5.41. The van der Waals surface area contributed by atoms with Crippen molar-refractivity contribution in [3.63, 3.8) is 0 Å². The van der Waals surface area contributed by atoms with Crippen LogP contribution >= 0.6 is 11.6 Å². The number of carbonyl (C=O) groups is 1. The maximum absolute atomic E-state index is 13.7. The Kier molecular flexibility index (Phi) is 4.58. The second kappa shape index (κ2) is 6.82. The van der Waals surface area contributed by atoms with Gasteiger partial charge in [0.2, 0.25) is 0 Å². The summed E-state index contributed by atoms with van der Waals surface area (Å²) in [5, 5.41) is 6.02. The molecule has 3 aromatic rings. The second-order valence-electron chi connectivity index (χ2n) is 5.00. The fourth-order valence-corrected chi connectivity index (χ4v) is 2.33. The molecule has 0 bridgehead atoms. The summed E-state index contributed by atoms with van der Waals surface area (Å²) in [6.45, 7) is 0. The van der Waals surface area contributed by atoms with E-state index in [-0.39, 0.29) is 16.4 Å². The zero-order chi connectivity index (χ0) is 18.0. The van der Waals surface area contributed by atoms with Crippen LogP contribution in [-0.2, 0) is 0 Å². The quantitative estimate of drug-likeness (QED) is 0.777. The van der Waals surface area contributed by atoms with Gasteiger partial charge in [-0.3, -0.25) is 9.59 Å². The third-order valence-corrected chi connectivity index (χ3v) is 3.57. The number of anilines is 1. The highest BCUT2D eigenvalue weighted by molar-refractivity contribution is 6.34. The van der Waals surface area contributed by atoms with Gasteiger partial charge in [-0.1, -0.05) is 29.8 Å². The maximum atomic E-state index is 13.7. The molecule has 0 unspecified atom stereocenters. The molecular weight excluding hydrogens is 352 g/mol. The van der Waals surface area contributed by atoms with Crippen molar-refractivity contribution >= 4 is 23.2 Å². The number of carbonyl (C=O) groups excluding carboxylic acids is 1. The predicted molar refractivity (Wildman–Crippen MR) is 89.2 cm³/mol. The van der Waals surface area contributed by atoms with Gasteiger partial charge < -0.3 is 5.32 Å². The fourth-order valence-electron chi connectivity index (χ4n) is 2.12. The summed E-state index contributed by atoms with van der Waals surface area (Å²) in [5.41, 5.74) is -0.595. The normalized spacial score (nSPS) is 10.5. The Labute approximate surface area is 145 Å². The van der Waals surface area contributed by atoms with Crippen molar-refractivity contribution in [2.24, 2.45) is 0 Å². The monoisotopic (exact) mass is 361 g/mol. The lowest BCUT2D eigenvalue weighted by Gasteiger charge is -2.10. The van der Waals surface area contributed by atoms with Crippen molar-refractivity contribution in [3.8, 4) is 5.69 Å². The fraction of sp³-hybridized carbons (Fsp3) is 0. The summed E-state index contributed by atoms with van der Waals surface area (Å²) in [5.74, 6) is -2.55. The Morgan fingerprint density at radius 1 is 1.08 bits per heavy atom. The predicted octanol–water partition coefficient (Wildman–Crippen LogP) is 3.42. The number of halogens is 3. The third-order valence-electron chi connectivity index (χ3n) is 3.28. The van der Waals surface area contributed by atoms with Gasteiger partial charge in [-0.05, 0) is 24.3 Å². The topological polar surface area (TPSA) is 64.0 Å². The Balaban J connectivity index is 1.99. The molecule has 0 aliphatic heterocycles. The van der Waals surface area contributed by atoms with E-state index in [1.165, 1.54) is 0 Å². The van der Waals surface area contributed by atoms with Crippen molar-refractivity contribution < 1.29 is 13.6 Å². The number of para-hydroxylation sites is 1. The molecule has 0 radical (unpaired) electrons. The molecule has 0 spiro atoms. The molecule has 5 nitrogen and oxygen atoms in total. The highest BCUT2D eigenvalue weighted by atomic mass is 35.5. The number of hydrogen-bond donors (Lipinski definition) is 1. The zero-order valence-corrected chi connectivity index (χ0v) is 13.3. The van der Waals surface area contributed by atoms with Crippen LogP contribution in [0, 0.1) is 11.6 Å². The lowest BCUT2D eigenvalue weighted by atomic mass is 10.2. The van der Waals surface area contributed by atoms with Crippen LogP contribution in [-0.4, -0.2) is 15.7 Å². The van der Waals surface area contributed by atoms with E-state index in [1.54, 1.807) is 30.3 Å². The molecule has 1 N–H and O–H groups in total. The van der Waals surface area contributed by atoms with E-state index in [0.717, 1.165) is 22.9 Å². The van der Waals surface area contributed by atoms with E-state index in [9.17, 15) is 18.4 Å². The van der Waals surface area contributed by atoms with Gasteiger partial charge in [0.15, 0.2) is 5.69 Å². The molecule has 2 aromatic carbocycles. The van der Waals surface area contributed by atoms with Crippen LogP contribution in [0.25, 0.3) is 5.69 Å². The number of aromatic nitrogens is 2. The first-order chi connectivity index (χ1) is 12.0. The van der Waals surface area contributed by atoms with E-state index in [1.807, 2.05) is 0 Å². The highest BCUT2D eigenvalue weighted by Gasteiger charge is 2.17. The molecule has 0 aliphatic carbocycles.